The van der Waals surface area contributed by atoms with Crippen molar-refractivity contribution in [1.82, 2.24) is 10.6 Å². The van der Waals surface area contributed by atoms with Crippen molar-refractivity contribution in [1.29, 1.82) is 0 Å². The van der Waals surface area contributed by atoms with Gasteiger partial charge in [-0.1, -0.05) is 24.3 Å². The second-order valence-corrected chi connectivity index (χ2v) is 7.57. The Morgan fingerprint density at radius 1 is 1.04 bits per heavy atom. The molecule has 4 rings (SSSR count). The van der Waals surface area contributed by atoms with Crippen LogP contribution in [0.25, 0.3) is 0 Å². The average molecular weight is 384 g/mol. The molecule has 0 bridgehead atoms. The van der Waals surface area contributed by atoms with Crippen molar-refractivity contribution in [2.24, 2.45) is 4.99 Å². The summed E-state index contributed by atoms with van der Waals surface area (Å²) in [5, 5.41) is 6.91. The van der Waals surface area contributed by atoms with Gasteiger partial charge in [0, 0.05) is 43.8 Å². The molecule has 1 saturated carbocycles. The van der Waals surface area contributed by atoms with E-state index < -0.39 is 0 Å². The monoisotopic (exact) mass is 384 g/mol. The van der Waals surface area contributed by atoms with Crippen LogP contribution in [0.1, 0.15) is 30.7 Å². The fraction of sp³-hybridized carbons (Fsp3) is 0.409. The van der Waals surface area contributed by atoms with Crippen LogP contribution in [0.3, 0.4) is 0 Å². The highest BCUT2D eigenvalue weighted by Crippen LogP contribution is 2.41. The predicted molar refractivity (Wildman–Crippen MR) is 109 cm³/mol. The summed E-state index contributed by atoms with van der Waals surface area (Å²) in [4.78, 5) is 6.55. The van der Waals surface area contributed by atoms with Gasteiger partial charge in [-0.25, -0.2) is 8.78 Å². The van der Waals surface area contributed by atoms with Crippen LogP contribution in [0.5, 0.6) is 0 Å². The van der Waals surface area contributed by atoms with Crippen LogP contribution in [0.2, 0.25) is 0 Å². The lowest BCUT2D eigenvalue weighted by atomic mass is 10.0. The molecule has 0 aromatic heterocycles. The molecule has 1 aliphatic carbocycles. The maximum Gasteiger partial charge on any atom is 0.191 e. The van der Waals surface area contributed by atoms with Crippen LogP contribution in [0.15, 0.2) is 53.5 Å². The van der Waals surface area contributed by atoms with Crippen molar-refractivity contribution in [2.75, 3.05) is 25.0 Å². The minimum atomic E-state index is -0.198. The van der Waals surface area contributed by atoms with Gasteiger partial charge in [-0.3, -0.25) is 4.99 Å². The van der Waals surface area contributed by atoms with Crippen molar-refractivity contribution in [3.05, 3.63) is 65.7 Å². The number of benzene rings is 2. The van der Waals surface area contributed by atoms with Gasteiger partial charge in [0.15, 0.2) is 5.96 Å². The smallest absolute Gasteiger partial charge is 0.191 e. The third kappa shape index (κ3) is 4.26. The lowest BCUT2D eigenvalue weighted by Gasteiger charge is -2.34. The van der Waals surface area contributed by atoms with E-state index in [2.05, 4.69) is 20.5 Å². The quantitative estimate of drug-likeness (QED) is 0.624. The van der Waals surface area contributed by atoms with E-state index in [1.807, 2.05) is 18.2 Å². The Balaban J connectivity index is 1.27. The van der Waals surface area contributed by atoms with Gasteiger partial charge in [0.1, 0.15) is 11.6 Å². The summed E-state index contributed by atoms with van der Waals surface area (Å²) in [5.41, 5.74) is 1.71. The largest absolute Gasteiger partial charge is 0.371 e. The maximum absolute atomic E-state index is 13.9. The zero-order valence-electron chi connectivity index (χ0n) is 16.0. The molecule has 6 heteroatoms. The summed E-state index contributed by atoms with van der Waals surface area (Å²) >= 11 is 0. The van der Waals surface area contributed by atoms with Crippen molar-refractivity contribution in [3.63, 3.8) is 0 Å². The van der Waals surface area contributed by atoms with Crippen LogP contribution in [0, 0.1) is 11.6 Å². The number of aliphatic imine (C=N–C) groups is 1. The van der Waals surface area contributed by atoms with Crippen molar-refractivity contribution < 1.29 is 8.78 Å². The fourth-order valence-corrected chi connectivity index (χ4v) is 3.97. The van der Waals surface area contributed by atoms with Crippen molar-refractivity contribution in [3.8, 4) is 0 Å². The lowest BCUT2D eigenvalue weighted by molar-refractivity contribution is 0.460. The first-order valence-electron chi connectivity index (χ1n) is 9.89. The summed E-state index contributed by atoms with van der Waals surface area (Å²) in [5.74, 6) is 0.642. The Morgan fingerprint density at radius 3 is 2.54 bits per heavy atom. The number of nitrogens with zero attached hydrogens (tertiary/aromatic N) is 2. The number of hydrogen-bond acceptors (Lipinski definition) is 2. The van der Waals surface area contributed by atoms with Gasteiger partial charge >= 0.3 is 0 Å². The molecular weight excluding hydrogens is 358 g/mol. The van der Waals surface area contributed by atoms with Gasteiger partial charge in [-0.05, 0) is 49.1 Å². The van der Waals surface area contributed by atoms with Crippen LogP contribution in [-0.2, 0) is 0 Å². The standard InChI is InChI=1S/C22H26F2N4/c1-25-22(27-21-14-19(21)18-7-2-3-8-20(18)24)26-16-9-11-28(12-10-16)17-6-4-5-15(23)13-17/h2-8,13,16,19,21H,9-12,14H2,1H3,(H2,25,26,27). The molecule has 2 fully saturated rings. The van der Waals surface area contributed by atoms with E-state index in [1.165, 1.54) is 12.1 Å². The molecule has 1 heterocycles. The van der Waals surface area contributed by atoms with E-state index in [1.54, 1.807) is 25.2 Å². The molecule has 4 nitrogen and oxygen atoms in total. The Bertz CT molecular complexity index is 846. The molecule has 2 N–H and O–H groups in total. The molecule has 2 aromatic carbocycles. The highest BCUT2D eigenvalue weighted by molar-refractivity contribution is 5.81. The van der Waals surface area contributed by atoms with Gasteiger partial charge in [0.25, 0.3) is 0 Å². The maximum atomic E-state index is 13.9. The molecule has 2 aromatic rings. The van der Waals surface area contributed by atoms with E-state index in [0.29, 0.717) is 6.04 Å². The second kappa shape index (κ2) is 8.17. The first-order chi connectivity index (χ1) is 13.6. The van der Waals surface area contributed by atoms with E-state index >= 15 is 0 Å². The molecular formula is C22H26F2N4. The van der Waals surface area contributed by atoms with Crippen molar-refractivity contribution >= 4 is 11.6 Å². The van der Waals surface area contributed by atoms with Crippen LogP contribution in [-0.4, -0.2) is 38.2 Å². The van der Waals surface area contributed by atoms with Gasteiger partial charge in [0.05, 0.1) is 0 Å². The molecule has 2 unspecified atom stereocenters. The van der Waals surface area contributed by atoms with E-state index in [-0.39, 0.29) is 23.6 Å². The molecule has 0 amide bonds. The van der Waals surface area contributed by atoms with Gasteiger partial charge in [-0.2, -0.15) is 0 Å². The molecule has 0 radical (unpaired) electrons. The summed E-state index contributed by atoms with van der Waals surface area (Å²) in [7, 11) is 1.76. The summed E-state index contributed by atoms with van der Waals surface area (Å²) < 4.78 is 27.4. The number of rotatable bonds is 4. The van der Waals surface area contributed by atoms with E-state index in [9.17, 15) is 8.78 Å². The van der Waals surface area contributed by atoms with E-state index in [4.69, 9.17) is 0 Å². The highest BCUT2D eigenvalue weighted by atomic mass is 19.1. The minimum Gasteiger partial charge on any atom is -0.371 e. The first-order valence-corrected chi connectivity index (χ1v) is 9.89. The number of hydrogen-bond donors (Lipinski definition) is 2. The zero-order valence-corrected chi connectivity index (χ0v) is 16.0. The van der Waals surface area contributed by atoms with Gasteiger partial charge in [-0.15, -0.1) is 0 Å². The molecule has 2 aliphatic rings. The normalized spacial score (nSPS) is 22.8. The van der Waals surface area contributed by atoms with E-state index in [0.717, 1.165) is 49.6 Å². The topological polar surface area (TPSA) is 39.7 Å². The Kier molecular flexibility index (Phi) is 5.46. The average Bonchev–Trinajstić information content (AvgIpc) is 3.47. The molecule has 0 spiro atoms. The summed E-state index contributed by atoms with van der Waals surface area (Å²) in [6, 6.07) is 14.3. The summed E-state index contributed by atoms with van der Waals surface area (Å²) in [6.45, 7) is 1.75. The SMILES string of the molecule is CN=C(NC1CCN(c2cccc(F)c2)CC1)NC1CC1c1ccccc1F. The number of nitrogens with one attached hydrogen (secondary N) is 2. The first kappa shape index (κ1) is 18.7. The third-order valence-corrected chi connectivity index (χ3v) is 5.65. The Morgan fingerprint density at radius 2 is 1.82 bits per heavy atom. The fourth-order valence-electron chi connectivity index (χ4n) is 3.97. The molecule has 148 valence electrons. The number of halogens is 2. The third-order valence-electron chi connectivity index (χ3n) is 5.65. The molecule has 28 heavy (non-hydrogen) atoms. The lowest BCUT2D eigenvalue weighted by Crippen LogP contribution is -2.49. The minimum absolute atomic E-state index is 0.135. The highest BCUT2D eigenvalue weighted by Gasteiger charge is 2.40. The summed E-state index contributed by atoms with van der Waals surface area (Å²) in [6.07, 6.45) is 2.83. The predicted octanol–water partition coefficient (Wildman–Crippen LogP) is 3.65. The second-order valence-electron chi connectivity index (χ2n) is 7.57. The number of piperidine rings is 1. The molecule has 2 atom stereocenters. The Hall–Kier alpha value is -2.63. The Labute approximate surface area is 164 Å². The van der Waals surface area contributed by atoms with Crippen LogP contribution in [0.4, 0.5) is 14.5 Å². The van der Waals surface area contributed by atoms with Gasteiger partial charge < -0.3 is 15.5 Å². The van der Waals surface area contributed by atoms with Crippen molar-refractivity contribution in [2.45, 2.75) is 37.3 Å². The van der Waals surface area contributed by atoms with Crippen LogP contribution >= 0.6 is 0 Å². The number of guanidine groups is 1. The molecule has 1 aliphatic heterocycles. The zero-order chi connectivity index (χ0) is 19.5. The van der Waals surface area contributed by atoms with Crippen LogP contribution < -0.4 is 15.5 Å². The number of anilines is 1. The molecule has 1 saturated heterocycles. The van der Waals surface area contributed by atoms with Gasteiger partial charge in [0.2, 0.25) is 0 Å².